The van der Waals surface area contributed by atoms with Crippen molar-refractivity contribution in [1.82, 2.24) is 4.90 Å². The van der Waals surface area contributed by atoms with Gasteiger partial charge in [0.15, 0.2) is 5.17 Å². The lowest BCUT2D eigenvalue weighted by Crippen LogP contribution is -2.33. The number of halogens is 2. The monoisotopic (exact) mass is 453 g/mol. The zero-order chi connectivity index (χ0) is 21.8. The highest BCUT2D eigenvalue weighted by Gasteiger charge is 2.29. The second-order valence-electron chi connectivity index (χ2n) is 7.26. The molecule has 1 aliphatic heterocycles. The van der Waals surface area contributed by atoms with Gasteiger partial charge in [-0.2, -0.15) is 0 Å². The Bertz CT molecular complexity index is 1110. The van der Waals surface area contributed by atoms with Gasteiger partial charge in [0, 0.05) is 30.3 Å². The minimum absolute atomic E-state index is 0.0114. The molecule has 3 aromatic carbocycles. The SMILES string of the molecule is CN1C(=Nc2ccc(-c3ccccc3)cc2)SCC1CC(=O)Nc1ccc(Cl)cc1F. The van der Waals surface area contributed by atoms with Crippen LogP contribution in [-0.4, -0.2) is 34.8 Å². The molecule has 1 fully saturated rings. The Hall–Kier alpha value is -2.83. The molecule has 1 N–H and O–H groups in total. The summed E-state index contributed by atoms with van der Waals surface area (Å²) in [5, 5.41) is 3.78. The van der Waals surface area contributed by atoms with Crippen LogP contribution in [0.25, 0.3) is 11.1 Å². The van der Waals surface area contributed by atoms with Crippen molar-refractivity contribution in [2.45, 2.75) is 12.5 Å². The summed E-state index contributed by atoms with van der Waals surface area (Å²) in [5.41, 5.74) is 3.30. The minimum Gasteiger partial charge on any atom is -0.350 e. The Kier molecular flexibility index (Phi) is 6.59. The van der Waals surface area contributed by atoms with E-state index in [1.54, 1.807) is 17.8 Å². The van der Waals surface area contributed by atoms with E-state index in [4.69, 9.17) is 16.6 Å². The summed E-state index contributed by atoms with van der Waals surface area (Å²) >= 11 is 7.37. The summed E-state index contributed by atoms with van der Waals surface area (Å²) in [7, 11) is 1.93. The highest BCUT2D eigenvalue weighted by molar-refractivity contribution is 8.14. The molecule has 0 saturated carbocycles. The molecule has 3 aromatic rings. The first-order valence-corrected chi connectivity index (χ1v) is 11.2. The summed E-state index contributed by atoms with van der Waals surface area (Å²) in [6, 6.07) is 22.5. The Balaban J connectivity index is 1.38. The smallest absolute Gasteiger partial charge is 0.226 e. The molecule has 1 saturated heterocycles. The number of hydrogen-bond donors (Lipinski definition) is 1. The van der Waals surface area contributed by atoms with Crippen LogP contribution in [0, 0.1) is 5.82 Å². The summed E-state index contributed by atoms with van der Waals surface area (Å²) < 4.78 is 13.9. The second kappa shape index (κ2) is 9.54. The fourth-order valence-corrected chi connectivity index (χ4v) is 4.69. The highest BCUT2D eigenvalue weighted by Crippen LogP contribution is 2.29. The number of benzene rings is 3. The number of thioether (sulfide) groups is 1. The zero-order valence-electron chi connectivity index (χ0n) is 16.9. The predicted molar refractivity (Wildman–Crippen MR) is 128 cm³/mol. The van der Waals surface area contributed by atoms with Crippen LogP contribution in [0.4, 0.5) is 15.8 Å². The van der Waals surface area contributed by atoms with Crippen LogP contribution in [0.3, 0.4) is 0 Å². The van der Waals surface area contributed by atoms with E-state index in [9.17, 15) is 9.18 Å². The van der Waals surface area contributed by atoms with Crippen LogP contribution >= 0.6 is 23.4 Å². The van der Waals surface area contributed by atoms with E-state index in [-0.39, 0.29) is 24.1 Å². The van der Waals surface area contributed by atoms with Crippen LogP contribution in [0.1, 0.15) is 6.42 Å². The number of nitrogens with zero attached hydrogens (tertiary/aromatic N) is 2. The van der Waals surface area contributed by atoms with Crippen molar-refractivity contribution in [3.05, 3.63) is 83.6 Å². The summed E-state index contributed by atoms with van der Waals surface area (Å²) in [4.78, 5) is 19.1. The van der Waals surface area contributed by atoms with Crippen molar-refractivity contribution >= 4 is 45.8 Å². The molecule has 4 nitrogen and oxygen atoms in total. The maximum Gasteiger partial charge on any atom is 0.226 e. The molecule has 1 atom stereocenters. The van der Waals surface area contributed by atoms with E-state index in [0.717, 1.165) is 27.7 Å². The molecule has 1 amide bonds. The molecule has 1 heterocycles. The molecule has 158 valence electrons. The van der Waals surface area contributed by atoms with Crippen LogP contribution in [-0.2, 0) is 4.79 Å². The number of anilines is 1. The molecular weight excluding hydrogens is 433 g/mol. The maximum absolute atomic E-state index is 13.9. The molecule has 7 heteroatoms. The van der Waals surface area contributed by atoms with Gasteiger partial charge in [-0.1, -0.05) is 65.8 Å². The number of carbonyl (C=O) groups is 1. The number of rotatable bonds is 5. The second-order valence-corrected chi connectivity index (χ2v) is 8.68. The van der Waals surface area contributed by atoms with E-state index in [2.05, 4.69) is 29.6 Å². The molecule has 0 aromatic heterocycles. The standard InChI is InChI=1S/C24H21ClFN3OS/c1-29-20(14-23(30)28-22-12-9-18(25)13-21(22)26)15-31-24(29)27-19-10-7-17(8-11-19)16-5-3-2-4-6-16/h2-13,20H,14-15H2,1H3,(H,28,30). The number of carbonyl (C=O) groups excluding carboxylic acids is 1. The van der Waals surface area contributed by atoms with E-state index in [1.807, 2.05) is 42.3 Å². The lowest BCUT2D eigenvalue weighted by molar-refractivity contribution is -0.116. The van der Waals surface area contributed by atoms with Crippen molar-refractivity contribution in [3.63, 3.8) is 0 Å². The third kappa shape index (κ3) is 5.27. The molecule has 1 aliphatic rings. The van der Waals surface area contributed by atoms with Gasteiger partial charge in [0.25, 0.3) is 0 Å². The highest BCUT2D eigenvalue weighted by atomic mass is 35.5. The number of nitrogens with one attached hydrogen (secondary N) is 1. The Labute approximate surface area is 190 Å². The molecule has 4 rings (SSSR count). The van der Waals surface area contributed by atoms with Gasteiger partial charge in [-0.25, -0.2) is 9.38 Å². The first-order valence-electron chi connectivity index (χ1n) is 9.84. The maximum atomic E-state index is 13.9. The normalized spacial score (nSPS) is 17.2. The lowest BCUT2D eigenvalue weighted by atomic mass is 10.1. The van der Waals surface area contributed by atoms with Crippen molar-refractivity contribution < 1.29 is 9.18 Å². The minimum atomic E-state index is -0.545. The topological polar surface area (TPSA) is 44.7 Å². The molecule has 0 radical (unpaired) electrons. The average molecular weight is 454 g/mol. The molecule has 1 unspecified atom stereocenters. The average Bonchev–Trinajstić information content (AvgIpc) is 3.10. The first kappa shape index (κ1) is 21.4. The fourth-order valence-electron chi connectivity index (χ4n) is 3.32. The van der Waals surface area contributed by atoms with E-state index in [0.29, 0.717) is 5.02 Å². The van der Waals surface area contributed by atoms with Gasteiger partial charge in [0.05, 0.1) is 11.4 Å². The molecule has 0 spiro atoms. The quantitative estimate of drug-likeness (QED) is 0.499. The molecule has 0 aliphatic carbocycles. The number of hydrogen-bond acceptors (Lipinski definition) is 3. The summed E-state index contributed by atoms with van der Waals surface area (Å²) in [6.45, 7) is 0. The Morgan fingerprint density at radius 3 is 2.55 bits per heavy atom. The van der Waals surface area contributed by atoms with Crippen LogP contribution in [0.2, 0.25) is 5.02 Å². The predicted octanol–water partition coefficient (Wildman–Crippen LogP) is 6.21. The van der Waals surface area contributed by atoms with E-state index < -0.39 is 5.82 Å². The summed E-state index contributed by atoms with van der Waals surface area (Å²) in [5.74, 6) is -0.0446. The van der Waals surface area contributed by atoms with E-state index in [1.165, 1.54) is 12.1 Å². The first-order chi connectivity index (χ1) is 15.0. The van der Waals surface area contributed by atoms with Crippen LogP contribution in [0.15, 0.2) is 77.8 Å². The third-order valence-corrected chi connectivity index (χ3v) is 6.50. The third-order valence-electron chi connectivity index (χ3n) is 5.08. The van der Waals surface area contributed by atoms with Crippen molar-refractivity contribution in [2.75, 3.05) is 18.1 Å². The molecular formula is C24H21ClFN3OS. The van der Waals surface area contributed by atoms with Gasteiger partial charge in [-0.05, 0) is 41.5 Å². The number of aliphatic imine (C=N–C) groups is 1. The molecule has 31 heavy (non-hydrogen) atoms. The van der Waals surface area contributed by atoms with Gasteiger partial charge in [-0.15, -0.1) is 0 Å². The number of amides is 1. The van der Waals surface area contributed by atoms with Crippen molar-refractivity contribution in [1.29, 1.82) is 0 Å². The van der Waals surface area contributed by atoms with Gasteiger partial charge < -0.3 is 10.2 Å². The van der Waals surface area contributed by atoms with Crippen LogP contribution < -0.4 is 5.32 Å². The van der Waals surface area contributed by atoms with Gasteiger partial charge in [-0.3, -0.25) is 4.79 Å². The largest absolute Gasteiger partial charge is 0.350 e. The molecule has 0 bridgehead atoms. The Morgan fingerprint density at radius 1 is 1.13 bits per heavy atom. The summed E-state index contributed by atoms with van der Waals surface area (Å²) in [6.07, 6.45) is 0.248. The van der Waals surface area contributed by atoms with Crippen molar-refractivity contribution in [3.8, 4) is 11.1 Å². The Morgan fingerprint density at radius 2 is 1.84 bits per heavy atom. The fraction of sp³-hybridized carbons (Fsp3) is 0.167. The zero-order valence-corrected chi connectivity index (χ0v) is 18.5. The van der Waals surface area contributed by atoms with Crippen molar-refractivity contribution in [2.24, 2.45) is 4.99 Å². The number of amidine groups is 1. The van der Waals surface area contributed by atoms with Crippen LogP contribution in [0.5, 0.6) is 0 Å². The van der Waals surface area contributed by atoms with Gasteiger partial charge in [0.2, 0.25) is 5.91 Å². The lowest BCUT2D eigenvalue weighted by Gasteiger charge is -2.20. The van der Waals surface area contributed by atoms with E-state index >= 15 is 0 Å². The van der Waals surface area contributed by atoms with Gasteiger partial charge in [0.1, 0.15) is 5.82 Å². The van der Waals surface area contributed by atoms with Gasteiger partial charge >= 0.3 is 0 Å².